The fourth-order valence-corrected chi connectivity index (χ4v) is 6.50. The Bertz CT molecular complexity index is 1240. The van der Waals surface area contributed by atoms with Crippen LogP contribution in [-0.4, -0.2) is 12.5 Å². The van der Waals surface area contributed by atoms with E-state index < -0.39 is 7.92 Å². The summed E-state index contributed by atoms with van der Waals surface area (Å²) in [6, 6.07) is 48.4. The van der Waals surface area contributed by atoms with Crippen molar-refractivity contribution in [1.29, 1.82) is 0 Å². The Kier molecular flexibility index (Phi) is 8.87. The molecule has 1 aliphatic heterocycles. The van der Waals surface area contributed by atoms with Crippen LogP contribution in [-0.2, 0) is 21.8 Å². The Morgan fingerprint density at radius 2 is 1.20 bits per heavy atom. The molecular formula is C31H26FeNOP-6. The molecule has 0 aromatic heterocycles. The number of rotatable bonds is 5. The van der Waals surface area contributed by atoms with Gasteiger partial charge in [0.15, 0.2) is 5.90 Å². The molecule has 0 spiro atoms. The van der Waals surface area contributed by atoms with E-state index in [0.717, 1.165) is 11.5 Å². The molecule has 6 rings (SSSR count). The first-order chi connectivity index (χ1) is 16.9. The van der Waals surface area contributed by atoms with E-state index in [0.29, 0.717) is 6.61 Å². The molecular weight excluding hydrogens is 489 g/mol. The summed E-state index contributed by atoms with van der Waals surface area (Å²) in [6.45, 7) is 0.596. The first-order valence-electron chi connectivity index (χ1n) is 11.5. The summed E-state index contributed by atoms with van der Waals surface area (Å²) < 4.78 is 6.09. The number of hydrogen-bond acceptors (Lipinski definition) is 2. The van der Waals surface area contributed by atoms with E-state index in [4.69, 9.17) is 9.73 Å². The molecule has 0 saturated heterocycles. The van der Waals surface area contributed by atoms with Crippen molar-refractivity contribution in [2.45, 2.75) is 6.04 Å². The maximum atomic E-state index is 6.09. The average Bonchev–Trinajstić information content (AvgIpc) is 3.70. The number of hydrogen-bond donors (Lipinski definition) is 0. The standard InChI is InChI=1S/C26H21NOP.C5H5.Fe/c1-4-11-20(12-5-1)24-19-28-26(27-24)23-17-10-18-25(23)29(21-13-6-2-7-14-21)22-15-8-3-9-16-22;1-2-4-5-3-1;/h1-18,24H,19H2;1-5H;/q-1;-5;. The van der Waals surface area contributed by atoms with E-state index in [1.165, 1.54) is 21.5 Å². The van der Waals surface area contributed by atoms with Crippen LogP contribution in [0.5, 0.6) is 0 Å². The Labute approximate surface area is 219 Å². The maximum absolute atomic E-state index is 6.09. The van der Waals surface area contributed by atoms with Gasteiger partial charge in [0.25, 0.3) is 0 Å². The van der Waals surface area contributed by atoms with Gasteiger partial charge in [0, 0.05) is 17.1 Å². The van der Waals surface area contributed by atoms with Gasteiger partial charge in [-0.2, -0.15) is 6.07 Å². The Morgan fingerprint density at radius 1 is 0.686 bits per heavy atom. The Hall–Kier alpha value is -3.22. The van der Waals surface area contributed by atoms with Crippen molar-refractivity contribution in [2.75, 3.05) is 6.61 Å². The number of benzene rings is 3. The molecule has 180 valence electrons. The van der Waals surface area contributed by atoms with Gasteiger partial charge < -0.3 is 35.1 Å². The third-order valence-corrected chi connectivity index (χ3v) is 8.18. The van der Waals surface area contributed by atoms with Gasteiger partial charge in [-0.3, -0.25) is 4.99 Å². The molecule has 35 heavy (non-hydrogen) atoms. The molecule has 5 aromatic carbocycles. The summed E-state index contributed by atoms with van der Waals surface area (Å²) in [5.74, 6) is 0.762. The van der Waals surface area contributed by atoms with E-state index in [-0.39, 0.29) is 23.1 Å². The summed E-state index contributed by atoms with van der Waals surface area (Å²) in [6.07, 6.45) is 0. The van der Waals surface area contributed by atoms with Crippen LogP contribution >= 0.6 is 7.92 Å². The minimum atomic E-state index is -0.675. The summed E-state index contributed by atoms with van der Waals surface area (Å²) in [7, 11) is -0.675. The topological polar surface area (TPSA) is 21.6 Å². The molecule has 5 aromatic rings. The quantitative estimate of drug-likeness (QED) is 0.158. The molecule has 0 aliphatic carbocycles. The third kappa shape index (κ3) is 6.08. The van der Waals surface area contributed by atoms with Crippen molar-refractivity contribution in [3.63, 3.8) is 0 Å². The van der Waals surface area contributed by atoms with Crippen LogP contribution in [0.1, 0.15) is 17.2 Å². The first-order valence-corrected chi connectivity index (χ1v) is 12.8. The van der Waals surface area contributed by atoms with Crippen molar-refractivity contribution in [3.05, 3.63) is 151 Å². The molecule has 1 unspecified atom stereocenters. The smallest absolute Gasteiger partial charge is 0.158 e. The number of aliphatic imine (C=N–C) groups is 1. The van der Waals surface area contributed by atoms with Gasteiger partial charge in [0.2, 0.25) is 0 Å². The van der Waals surface area contributed by atoms with Gasteiger partial charge in [-0.15, -0.1) is 5.30 Å². The summed E-state index contributed by atoms with van der Waals surface area (Å²) in [5, 5.41) is 3.96. The fraction of sp³-hybridized carbons (Fsp3) is 0.0645. The molecule has 0 amide bonds. The molecule has 2 nitrogen and oxygen atoms in total. The molecule has 0 N–H and O–H groups in total. The fourth-order valence-electron chi connectivity index (χ4n) is 4.06. The van der Waals surface area contributed by atoms with Gasteiger partial charge in [-0.1, -0.05) is 96.6 Å². The van der Waals surface area contributed by atoms with Crippen LogP contribution in [0, 0.1) is 0 Å². The zero-order valence-electron chi connectivity index (χ0n) is 19.2. The number of nitrogens with zero attached hydrogens (tertiary/aromatic N) is 1. The minimum absolute atomic E-state index is 0. The van der Waals surface area contributed by atoms with Crippen molar-refractivity contribution >= 4 is 29.7 Å². The van der Waals surface area contributed by atoms with Crippen molar-refractivity contribution in [3.8, 4) is 0 Å². The first kappa shape index (κ1) is 24.9. The predicted molar refractivity (Wildman–Crippen MR) is 144 cm³/mol. The van der Waals surface area contributed by atoms with Crippen molar-refractivity contribution in [1.82, 2.24) is 0 Å². The zero-order valence-corrected chi connectivity index (χ0v) is 21.2. The van der Waals surface area contributed by atoms with Crippen LogP contribution in [0.4, 0.5) is 0 Å². The van der Waals surface area contributed by atoms with Gasteiger partial charge in [0.05, 0.1) is 0 Å². The molecule has 0 bridgehead atoms. The molecule has 0 fully saturated rings. The van der Waals surface area contributed by atoms with Gasteiger partial charge in [-0.05, 0) is 24.1 Å². The average molecular weight is 515 g/mol. The Balaban J connectivity index is 0.000000431. The molecule has 1 aliphatic rings. The SMILES string of the molecule is [Fe].[cH-]1[cH-][cH-][cH-][cH-]1.c1ccc(C2COC([c-]3cccc3P(c3ccccc3)c3ccccc3)=N2)cc1. The van der Waals surface area contributed by atoms with Crippen LogP contribution in [0.2, 0.25) is 0 Å². The predicted octanol–water partition coefficient (Wildman–Crippen LogP) is 6.08. The van der Waals surface area contributed by atoms with E-state index in [9.17, 15) is 0 Å². The molecule has 4 heteroatoms. The van der Waals surface area contributed by atoms with E-state index in [2.05, 4.69) is 103 Å². The van der Waals surface area contributed by atoms with Crippen LogP contribution in [0.3, 0.4) is 0 Å². The number of ether oxygens (including phenoxy) is 1. The third-order valence-electron chi connectivity index (χ3n) is 5.68. The molecule has 0 saturated carbocycles. The second kappa shape index (κ2) is 12.5. The summed E-state index contributed by atoms with van der Waals surface area (Å²) >= 11 is 0. The van der Waals surface area contributed by atoms with E-state index in [1.807, 2.05) is 36.4 Å². The molecule has 1 heterocycles. The van der Waals surface area contributed by atoms with Crippen LogP contribution < -0.4 is 15.9 Å². The second-order valence-corrected chi connectivity index (χ2v) is 10.2. The van der Waals surface area contributed by atoms with Crippen molar-refractivity contribution < 1.29 is 21.8 Å². The zero-order chi connectivity index (χ0) is 23.0. The van der Waals surface area contributed by atoms with Gasteiger partial charge >= 0.3 is 0 Å². The van der Waals surface area contributed by atoms with E-state index in [1.54, 1.807) is 0 Å². The maximum Gasteiger partial charge on any atom is 0.158 e. The minimum Gasteiger partial charge on any atom is -0.748 e. The molecule has 1 atom stereocenters. The van der Waals surface area contributed by atoms with Crippen LogP contribution in [0.25, 0.3) is 0 Å². The van der Waals surface area contributed by atoms with Gasteiger partial charge in [0.1, 0.15) is 12.6 Å². The van der Waals surface area contributed by atoms with Crippen molar-refractivity contribution in [2.24, 2.45) is 4.99 Å². The largest absolute Gasteiger partial charge is 0.748 e. The summed E-state index contributed by atoms with van der Waals surface area (Å²) in [4.78, 5) is 4.94. The summed E-state index contributed by atoms with van der Waals surface area (Å²) in [5.41, 5.74) is 2.31. The normalized spacial score (nSPS) is 14.3. The monoisotopic (exact) mass is 515 g/mol. The van der Waals surface area contributed by atoms with Crippen LogP contribution in [0.15, 0.2) is 145 Å². The second-order valence-electron chi connectivity index (χ2n) is 7.97. The Morgan fingerprint density at radius 3 is 1.74 bits per heavy atom. The molecule has 0 radical (unpaired) electrons. The van der Waals surface area contributed by atoms with Gasteiger partial charge in [-0.25, -0.2) is 12.1 Å². The van der Waals surface area contributed by atoms with E-state index >= 15 is 0 Å².